The smallest absolute Gasteiger partial charge is 0.208 e. The van der Waals surface area contributed by atoms with Gasteiger partial charge in [0.05, 0.1) is 0 Å². The van der Waals surface area contributed by atoms with Crippen molar-refractivity contribution < 1.29 is 4.24 Å². The van der Waals surface area contributed by atoms with Crippen LogP contribution in [-0.2, 0) is 6.54 Å². The number of anilines is 1. The molecule has 1 aliphatic carbocycles. The molecular formula is C27H28N2. The third-order valence-electron chi connectivity index (χ3n) is 5.66. The zero-order valence-electron chi connectivity index (χ0n) is 17.7. The molecule has 4 rings (SSSR count). The lowest BCUT2D eigenvalue weighted by molar-refractivity contribution is -0.520. The minimum atomic E-state index is 0.798. The van der Waals surface area contributed by atoms with E-state index in [1.165, 1.54) is 44.1 Å². The van der Waals surface area contributed by atoms with Crippen molar-refractivity contribution in [2.45, 2.75) is 27.3 Å². The normalized spacial score (nSPS) is 13.4. The molecule has 0 saturated carbocycles. The molecule has 0 aliphatic heterocycles. The predicted molar refractivity (Wildman–Crippen MR) is 121 cm³/mol. The van der Waals surface area contributed by atoms with Crippen LogP contribution in [0.4, 0.5) is 5.69 Å². The number of pyridine rings is 1. The first-order chi connectivity index (χ1) is 14.0. The SMILES string of the molecule is C=[n+]1c(CN(C)c2c(C)cc(C)cc2C)ccc/c1=c1/cccc2c1=CC=C[CH-]2. The molecule has 2 nitrogen and oxygen atoms in total. The quantitative estimate of drug-likeness (QED) is 0.484. The molecule has 29 heavy (non-hydrogen) atoms. The summed E-state index contributed by atoms with van der Waals surface area (Å²) in [5, 5.41) is 3.60. The van der Waals surface area contributed by atoms with Gasteiger partial charge in [0, 0.05) is 30.1 Å². The maximum atomic E-state index is 4.40. The number of nitrogens with zero attached hydrogens (tertiary/aromatic N) is 2. The summed E-state index contributed by atoms with van der Waals surface area (Å²) in [7, 11) is 2.16. The van der Waals surface area contributed by atoms with Crippen molar-refractivity contribution in [3.05, 3.63) is 118 Å². The van der Waals surface area contributed by atoms with Crippen LogP contribution in [0.15, 0.2) is 60.7 Å². The highest BCUT2D eigenvalue weighted by Crippen LogP contribution is 2.26. The Labute approximate surface area is 173 Å². The Morgan fingerprint density at radius 3 is 2.48 bits per heavy atom. The molecule has 1 aromatic heterocycles. The molecule has 0 fully saturated rings. The lowest BCUT2D eigenvalue weighted by atomic mass is 10.0. The Morgan fingerprint density at radius 2 is 1.72 bits per heavy atom. The monoisotopic (exact) mass is 380 g/mol. The van der Waals surface area contributed by atoms with E-state index >= 15 is 0 Å². The van der Waals surface area contributed by atoms with Crippen LogP contribution in [0, 0.1) is 44.5 Å². The molecule has 3 aromatic rings. The van der Waals surface area contributed by atoms with Crippen molar-refractivity contribution in [1.82, 2.24) is 0 Å². The van der Waals surface area contributed by atoms with Crippen LogP contribution in [0.3, 0.4) is 0 Å². The maximum absolute atomic E-state index is 4.40. The molecule has 146 valence electrons. The summed E-state index contributed by atoms with van der Waals surface area (Å²) in [6, 6.07) is 17.4. The van der Waals surface area contributed by atoms with Crippen LogP contribution >= 0.6 is 0 Å². The summed E-state index contributed by atoms with van der Waals surface area (Å²) in [4.78, 5) is 2.33. The first-order valence-corrected chi connectivity index (χ1v) is 10.1. The highest BCUT2D eigenvalue weighted by Gasteiger charge is 2.13. The van der Waals surface area contributed by atoms with Gasteiger partial charge in [0.2, 0.25) is 11.0 Å². The molecular weight excluding hydrogens is 352 g/mol. The average Bonchev–Trinajstić information content (AvgIpc) is 2.68. The summed E-state index contributed by atoms with van der Waals surface area (Å²) in [6.07, 6.45) is 8.52. The standard InChI is InChI=1S/C27H28N2/c1-19-16-20(2)27(21(3)17-19)28(4)18-23-12-9-15-26(29(23)5)25-14-8-11-22-10-6-7-13-24(22)25/h6-17H,5,18H2,1-4H3/b26-25+. The molecule has 2 heteroatoms. The minimum Gasteiger partial charge on any atom is -0.364 e. The van der Waals surface area contributed by atoms with Gasteiger partial charge >= 0.3 is 0 Å². The highest BCUT2D eigenvalue weighted by molar-refractivity contribution is 5.59. The molecule has 0 amide bonds. The lowest BCUT2D eigenvalue weighted by Crippen LogP contribution is -2.30. The van der Waals surface area contributed by atoms with Crippen LogP contribution in [0.25, 0.3) is 6.08 Å². The van der Waals surface area contributed by atoms with Gasteiger partial charge < -0.3 is 4.90 Å². The topological polar surface area (TPSA) is 9.14 Å². The van der Waals surface area contributed by atoms with Gasteiger partial charge in [-0.3, -0.25) is 0 Å². The first-order valence-electron chi connectivity index (χ1n) is 10.1. The fourth-order valence-corrected chi connectivity index (χ4v) is 4.50. The number of rotatable bonds is 3. The van der Waals surface area contributed by atoms with Gasteiger partial charge in [0.1, 0.15) is 13.3 Å². The van der Waals surface area contributed by atoms with Gasteiger partial charge in [-0.05, 0) is 38.0 Å². The van der Waals surface area contributed by atoms with Gasteiger partial charge in [-0.2, -0.15) is 4.24 Å². The molecule has 0 N–H and O–H groups in total. The molecule has 2 aromatic carbocycles. The molecule has 0 saturated heterocycles. The van der Waals surface area contributed by atoms with Crippen molar-refractivity contribution in [2.24, 2.45) is 0 Å². The third-order valence-corrected chi connectivity index (χ3v) is 5.66. The number of allylic oxidation sites excluding steroid dienone is 2. The second-order valence-corrected chi connectivity index (χ2v) is 7.96. The number of benzene rings is 2. The van der Waals surface area contributed by atoms with Crippen LogP contribution < -0.4 is 14.4 Å². The summed E-state index contributed by atoms with van der Waals surface area (Å²) < 4.78 is 2.08. The molecule has 1 heterocycles. The van der Waals surface area contributed by atoms with Crippen LogP contribution in [0.2, 0.25) is 0 Å². The van der Waals surface area contributed by atoms with E-state index in [9.17, 15) is 0 Å². The minimum absolute atomic E-state index is 0.798. The van der Waals surface area contributed by atoms with Crippen LogP contribution in [0.5, 0.6) is 0 Å². The summed E-state index contributed by atoms with van der Waals surface area (Å²) >= 11 is 0. The predicted octanol–water partition coefficient (Wildman–Crippen LogP) is 4.37. The Morgan fingerprint density at radius 1 is 1.00 bits per heavy atom. The van der Waals surface area contributed by atoms with E-state index in [-0.39, 0.29) is 0 Å². The summed E-state index contributed by atoms with van der Waals surface area (Å²) in [5.41, 5.74) is 7.65. The second-order valence-electron chi connectivity index (χ2n) is 7.96. The lowest BCUT2D eigenvalue weighted by Gasteiger charge is -2.22. The van der Waals surface area contributed by atoms with E-state index in [1.54, 1.807) is 0 Å². The first kappa shape index (κ1) is 19.1. The largest absolute Gasteiger partial charge is 0.364 e. The molecule has 1 aliphatic rings. The van der Waals surface area contributed by atoms with E-state index in [1.807, 2.05) is 0 Å². The van der Waals surface area contributed by atoms with E-state index in [0.717, 1.165) is 11.9 Å². The number of aryl methyl sites for hydroxylation is 3. The van der Waals surface area contributed by atoms with Crippen molar-refractivity contribution in [1.29, 1.82) is 0 Å². The van der Waals surface area contributed by atoms with Gasteiger partial charge in [-0.25, -0.2) is 0 Å². The highest BCUT2D eigenvalue weighted by atomic mass is 15.1. The van der Waals surface area contributed by atoms with E-state index in [2.05, 4.69) is 117 Å². The Balaban J connectivity index is 1.85. The Bertz CT molecular complexity index is 1290. The number of hydrogen-bond donors (Lipinski definition) is 0. The maximum Gasteiger partial charge on any atom is 0.208 e. The van der Waals surface area contributed by atoms with E-state index < -0.39 is 0 Å². The molecule has 0 atom stereocenters. The molecule has 0 unspecified atom stereocenters. The van der Waals surface area contributed by atoms with Gasteiger partial charge in [-0.15, -0.1) is 42.3 Å². The zero-order valence-corrected chi connectivity index (χ0v) is 17.7. The molecule has 0 bridgehead atoms. The fourth-order valence-electron chi connectivity index (χ4n) is 4.50. The van der Waals surface area contributed by atoms with E-state index in [0.29, 0.717) is 0 Å². The number of hydrogen-bond acceptors (Lipinski definition) is 1. The summed E-state index contributed by atoms with van der Waals surface area (Å²) in [6.45, 7) is 11.7. The van der Waals surface area contributed by atoms with Crippen molar-refractivity contribution in [2.75, 3.05) is 11.9 Å². The Hall–Kier alpha value is -3.26. The fraction of sp³-hybridized carbons (Fsp3) is 0.185. The molecule has 0 spiro atoms. The average molecular weight is 381 g/mol. The van der Waals surface area contributed by atoms with Crippen molar-refractivity contribution >= 4 is 11.8 Å². The van der Waals surface area contributed by atoms with E-state index in [4.69, 9.17) is 0 Å². The number of aromatic nitrogens is 1. The van der Waals surface area contributed by atoms with Gasteiger partial charge in [0.15, 0.2) is 0 Å². The van der Waals surface area contributed by atoms with Gasteiger partial charge in [0.25, 0.3) is 0 Å². The second kappa shape index (κ2) is 7.63. The Kier molecular flexibility index (Phi) is 5.02. The number of fused-ring (bicyclic) bond motifs is 1. The summed E-state index contributed by atoms with van der Waals surface area (Å²) in [5.74, 6) is 0. The third kappa shape index (κ3) is 3.58. The van der Waals surface area contributed by atoms with Crippen molar-refractivity contribution in [3.63, 3.8) is 0 Å². The van der Waals surface area contributed by atoms with Crippen LogP contribution in [0.1, 0.15) is 27.9 Å². The zero-order chi connectivity index (χ0) is 20.5. The van der Waals surface area contributed by atoms with Crippen LogP contribution in [-0.4, -0.2) is 7.05 Å². The molecule has 0 radical (unpaired) electrons. The van der Waals surface area contributed by atoms with Crippen molar-refractivity contribution in [3.8, 4) is 0 Å². The van der Waals surface area contributed by atoms with Gasteiger partial charge in [-0.1, -0.05) is 29.0 Å².